The van der Waals surface area contributed by atoms with Crippen molar-refractivity contribution in [3.05, 3.63) is 36.2 Å². The second-order valence-electron chi connectivity index (χ2n) is 4.50. The van der Waals surface area contributed by atoms with E-state index in [2.05, 4.69) is 16.0 Å². The molecule has 22 heavy (non-hydrogen) atoms. The van der Waals surface area contributed by atoms with Gasteiger partial charge in [0.1, 0.15) is 4.90 Å². The van der Waals surface area contributed by atoms with Crippen LogP contribution in [0.4, 0.5) is 17.1 Å². The number of hydrogen-bond acceptors (Lipinski definition) is 6. The lowest BCUT2D eigenvalue weighted by Crippen LogP contribution is -2.18. The van der Waals surface area contributed by atoms with Crippen molar-refractivity contribution in [3.63, 3.8) is 0 Å². The molecule has 0 bridgehead atoms. The molecule has 0 aliphatic rings. The first-order chi connectivity index (χ1) is 10.5. The minimum absolute atomic E-state index is 0.0711. The number of aldehydes is 1. The van der Waals surface area contributed by atoms with Crippen LogP contribution in [-0.2, 0) is 10.0 Å². The summed E-state index contributed by atoms with van der Waals surface area (Å²) in [4.78, 5) is 11.1. The SMILES string of the molecule is CNc1cc(NC)c(S(=O)(=O)n2cccc2C=O)c(NC)c1. The molecule has 0 aliphatic carbocycles. The Hall–Kier alpha value is -2.48. The van der Waals surface area contributed by atoms with Crippen LogP contribution in [0.2, 0.25) is 0 Å². The Balaban J connectivity index is 2.77. The lowest BCUT2D eigenvalue weighted by Gasteiger charge is -2.18. The third-order valence-corrected chi connectivity index (χ3v) is 5.10. The number of nitrogens with one attached hydrogen (secondary N) is 3. The van der Waals surface area contributed by atoms with E-state index in [0.29, 0.717) is 17.7 Å². The fraction of sp³-hybridized carbons (Fsp3) is 0.214. The fourth-order valence-corrected chi connectivity index (χ4v) is 3.90. The highest BCUT2D eigenvalue weighted by Crippen LogP contribution is 2.34. The highest BCUT2D eigenvalue weighted by molar-refractivity contribution is 7.90. The first-order valence-electron chi connectivity index (χ1n) is 6.59. The first-order valence-corrected chi connectivity index (χ1v) is 8.03. The van der Waals surface area contributed by atoms with Crippen molar-refractivity contribution < 1.29 is 13.2 Å². The molecule has 3 N–H and O–H groups in total. The van der Waals surface area contributed by atoms with E-state index in [0.717, 1.165) is 9.66 Å². The average molecular weight is 322 g/mol. The van der Waals surface area contributed by atoms with Crippen LogP contribution in [0, 0.1) is 0 Å². The first kappa shape index (κ1) is 15.9. The maximum atomic E-state index is 12.9. The van der Waals surface area contributed by atoms with Gasteiger partial charge in [-0.05, 0) is 24.3 Å². The van der Waals surface area contributed by atoms with E-state index in [1.807, 2.05) is 0 Å². The summed E-state index contributed by atoms with van der Waals surface area (Å²) in [5, 5.41) is 8.75. The van der Waals surface area contributed by atoms with Crippen molar-refractivity contribution in [2.45, 2.75) is 4.90 Å². The minimum atomic E-state index is -3.92. The number of nitrogens with zero attached hydrogens (tertiary/aromatic N) is 1. The van der Waals surface area contributed by atoms with E-state index in [1.54, 1.807) is 33.3 Å². The molecule has 118 valence electrons. The number of carbonyl (C=O) groups is 1. The second-order valence-corrected chi connectivity index (χ2v) is 6.25. The van der Waals surface area contributed by atoms with Gasteiger partial charge in [0.2, 0.25) is 0 Å². The molecule has 0 aliphatic heterocycles. The molecule has 0 atom stereocenters. The van der Waals surface area contributed by atoms with Crippen molar-refractivity contribution in [3.8, 4) is 0 Å². The van der Waals surface area contributed by atoms with Gasteiger partial charge in [0.15, 0.2) is 6.29 Å². The van der Waals surface area contributed by atoms with Gasteiger partial charge in [0.25, 0.3) is 10.0 Å². The van der Waals surface area contributed by atoms with E-state index in [-0.39, 0.29) is 10.6 Å². The molecule has 1 aromatic carbocycles. The Morgan fingerprint density at radius 1 is 1.05 bits per heavy atom. The molecule has 0 unspecified atom stereocenters. The predicted molar refractivity (Wildman–Crippen MR) is 87.5 cm³/mol. The highest BCUT2D eigenvalue weighted by Gasteiger charge is 2.26. The van der Waals surface area contributed by atoms with Gasteiger partial charge in [-0.2, -0.15) is 0 Å². The molecular formula is C14H18N4O3S. The summed E-state index contributed by atoms with van der Waals surface area (Å²) in [7, 11) is 1.12. The molecule has 0 fully saturated rings. The van der Waals surface area contributed by atoms with Crippen molar-refractivity contribution in [1.29, 1.82) is 0 Å². The molecular weight excluding hydrogens is 304 g/mol. The van der Waals surface area contributed by atoms with Crippen molar-refractivity contribution in [1.82, 2.24) is 3.97 Å². The predicted octanol–water partition coefficient (Wildman–Crippen LogP) is 1.66. The normalized spacial score (nSPS) is 11.0. The maximum Gasteiger partial charge on any atom is 0.272 e. The van der Waals surface area contributed by atoms with Crippen LogP contribution in [0.15, 0.2) is 35.4 Å². The van der Waals surface area contributed by atoms with Gasteiger partial charge in [0, 0.05) is 33.0 Å². The monoisotopic (exact) mass is 322 g/mol. The zero-order valence-electron chi connectivity index (χ0n) is 12.5. The molecule has 1 heterocycles. The van der Waals surface area contributed by atoms with Crippen LogP contribution in [0.3, 0.4) is 0 Å². The lowest BCUT2D eigenvalue weighted by molar-refractivity contribution is 0.111. The van der Waals surface area contributed by atoms with Crippen molar-refractivity contribution in [2.24, 2.45) is 0 Å². The summed E-state index contributed by atoms with van der Waals surface area (Å²) < 4.78 is 26.8. The van der Waals surface area contributed by atoms with Crippen molar-refractivity contribution in [2.75, 3.05) is 37.1 Å². The van der Waals surface area contributed by atoms with Gasteiger partial charge >= 0.3 is 0 Å². The molecule has 8 heteroatoms. The van der Waals surface area contributed by atoms with E-state index in [4.69, 9.17) is 0 Å². The standard InChI is InChI=1S/C14H18N4O3S/c1-15-10-7-12(16-2)14(13(8-10)17-3)22(20,21)18-6-4-5-11(18)9-19/h4-9,15-17H,1-3H3. The van der Waals surface area contributed by atoms with Crippen LogP contribution in [0.25, 0.3) is 0 Å². The van der Waals surface area contributed by atoms with Gasteiger partial charge in [-0.25, -0.2) is 12.4 Å². The Labute approximate surface area is 129 Å². The highest BCUT2D eigenvalue weighted by atomic mass is 32.2. The van der Waals surface area contributed by atoms with Crippen LogP contribution in [0.5, 0.6) is 0 Å². The van der Waals surface area contributed by atoms with Gasteiger partial charge < -0.3 is 16.0 Å². The zero-order chi connectivity index (χ0) is 16.3. The average Bonchev–Trinajstić information content (AvgIpc) is 3.02. The summed E-state index contributed by atoms with van der Waals surface area (Å²) in [6.07, 6.45) is 1.86. The van der Waals surface area contributed by atoms with E-state index in [1.165, 1.54) is 18.3 Å². The smallest absolute Gasteiger partial charge is 0.272 e. The van der Waals surface area contributed by atoms with Crippen LogP contribution in [0.1, 0.15) is 10.5 Å². The second kappa shape index (κ2) is 6.10. The maximum absolute atomic E-state index is 12.9. The largest absolute Gasteiger partial charge is 0.388 e. The summed E-state index contributed by atoms with van der Waals surface area (Å²) in [5.41, 5.74) is 1.70. The Bertz CT molecular complexity index is 771. The number of anilines is 3. The van der Waals surface area contributed by atoms with Crippen LogP contribution < -0.4 is 16.0 Å². The number of aromatic nitrogens is 1. The van der Waals surface area contributed by atoms with E-state index >= 15 is 0 Å². The molecule has 0 spiro atoms. The van der Waals surface area contributed by atoms with Crippen LogP contribution in [-0.4, -0.2) is 39.8 Å². The fourth-order valence-electron chi connectivity index (χ4n) is 2.21. The Kier molecular flexibility index (Phi) is 4.41. The zero-order valence-corrected chi connectivity index (χ0v) is 13.4. The summed E-state index contributed by atoms with van der Waals surface area (Å²) >= 11 is 0. The van der Waals surface area contributed by atoms with Crippen LogP contribution >= 0.6 is 0 Å². The molecule has 0 amide bonds. The molecule has 7 nitrogen and oxygen atoms in total. The lowest BCUT2D eigenvalue weighted by atomic mass is 10.2. The van der Waals surface area contributed by atoms with Gasteiger partial charge in [-0.15, -0.1) is 0 Å². The summed E-state index contributed by atoms with van der Waals surface area (Å²) in [6.45, 7) is 0. The van der Waals surface area contributed by atoms with Gasteiger partial charge in [-0.3, -0.25) is 4.79 Å². The summed E-state index contributed by atoms with van der Waals surface area (Å²) in [6, 6.07) is 6.35. The quantitative estimate of drug-likeness (QED) is 0.701. The van der Waals surface area contributed by atoms with Crippen molar-refractivity contribution >= 4 is 33.4 Å². The Morgan fingerprint density at radius 2 is 1.64 bits per heavy atom. The topological polar surface area (TPSA) is 92.2 Å². The molecule has 0 saturated heterocycles. The minimum Gasteiger partial charge on any atom is -0.388 e. The number of benzene rings is 1. The number of carbonyl (C=O) groups excluding carboxylic acids is 1. The third kappa shape index (κ3) is 2.52. The molecule has 1 aromatic heterocycles. The van der Waals surface area contributed by atoms with E-state index < -0.39 is 10.0 Å². The number of rotatable bonds is 6. The van der Waals surface area contributed by atoms with E-state index in [9.17, 15) is 13.2 Å². The van der Waals surface area contributed by atoms with Gasteiger partial charge in [-0.1, -0.05) is 0 Å². The molecule has 2 rings (SSSR count). The van der Waals surface area contributed by atoms with Gasteiger partial charge in [0.05, 0.1) is 17.1 Å². The Morgan fingerprint density at radius 3 is 2.09 bits per heavy atom. The molecule has 0 saturated carbocycles. The molecule has 0 radical (unpaired) electrons. The number of hydrogen-bond donors (Lipinski definition) is 3. The molecule has 2 aromatic rings. The third-order valence-electron chi connectivity index (χ3n) is 3.30. The summed E-state index contributed by atoms with van der Waals surface area (Å²) in [5.74, 6) is 0.